The molecule has 0 radical (unpaired) electrons. The maximum atomic E-state index is 5.60. The lowest BCUT2D eigenvalue weighted by molar-refractivity contribution is 0.148. The van der Waals surface area contributed by atoms with Crippen molar-refractivity contribution in [2.45, 2.75) is 26.7 Å². The third-order valence-corrected chi connectivity index (χ3v) is 3.91. The van der Waals surface area contributed by atoms with E-state index in [1.54, 1.807) is 11.3 Å². The van der Waals surface area contributed by atoms with Crippen molar-refractivity contribution in [3.63, 3.8) is 0 Å². The van der Waals surface area contributed by atoms with E-state index in [1.807, 2.05) is 5.51 Å². The summed E-state index contributed by atoms with van der Waals surface area (Å²) in [6, 6.07) is 0. The number of thiazole rings is 1. The first-order chi connectivity index (χ1) is 8.20. The Morgan fingerprint density at radius 2 is 2.47 bits per heavy atom. The molecule has 0 spiro atoms. The van der Waals surface area contributed by atoms with Crippen molar-refractivity contribution in [2.24, 2.45) is 11.3 Å². The number of hydrogen-bond donors (Lipinski definition) is 1. The Kier molecular flexibility index (Phi) is 4.54. The highest BCUT2D eigenvalue weighted by molar-refractivity contribution is 7.07. The summed E-state index contributed by atoms with van der Waals surface area (Å²) in [4.78, 5) is 4.40. The molecular weight excluding hydrogens is 232 g/mol. The Bertz CT molecular complexity index is 318. The van der Waals surface area contributed by atoms with E-state index in [0.29, 0.717) is 5.92 Å². The summed E-state index contributed by atoms with van der Waals surface area (Å²) >= 11 is 1.68. The topological polar surface area (TPSA) is 34.2 Å². The zero-order chi connectivity index (χ0) is 12.1. The fraction of sp³-hybridized carbons (Fsp3) is 0.769. The van der Waals surface area contributed by atoms with Crippen LogP contribution in [-0.2, 0) is 11.2 Å². The van der Waals surface area contributed by atoms with Crippen molar-refractivity contribution in [3.05, 3.63) is 16.6 Å². The molecule has 0 bridgehead atoms. The SMILES string of the molecule is CC(C)CNCC1(Cc2cscn2)CCOC1. The van der Waals surface area contributed by atoms with E-state index < -0.39 is 0 Å². The minimum absolute atomic E-state index is 0.267. The molecular formula is C13H22N2OS. The average molecular weight is 254 g/mol. The molecule has 4 heteroatoms. The summed E-state index contributed by atoms with van der Waals surface area (Å²) in [7, 11) is 0. The summed E-state index contributed by atoms with van der Waals surface area (Å²) < 4.78 is 5.60. The molecule has 0 amide bonds. The number of aromatic nitrogens is 1. The van der Waals surface area contributed by atoms with Gasteiger partial charge in [0.2, 0.25) is 0 Å². The van der Waals surface area contributed by atoms with E-state index in [9.17, 15) is 0 Å². The molecule has 1 N–H and O–H groups in total. The number of hydrogen-bond acceptors (Lipinski definition) is 4. The zero-order valence-corrected chi connectivity index (χ0v) is 11.6. The van der Waals surface area contributed by atoms with Gasteiger partial charge in [0.25, 0.3) is 0 Å². The van der Waals surface area contributed by atoms with Crippen molar-refractivity contribution in [1.82, 2.24) is 10.3 Å². The highest BCUT2D eigenvalue weighted by Crippen LogP contribution is 2.32. The van der Waals surface area contributed by atoms with Crippen molar-refractivity contribution in [2.75, 3.05) is 26.3 Å². The molecule has 1 aromatic heterocycles. The molecule has 2 rings (SSSR count). The molecule has 1 aliphatic rings. The predicted octanol–water partition coefficient (Wildman–Crippen LogP) is 2.34. The van der Waals surface area contributed by atoms with Crippen molar-refractivity contribution >= 4 is 11.3 Å². The first-order valence-corrected chi connectivity index (χ1v) is 7.30. The van der Waals surface area contributed by atoms with Crippen LogP contribution >= 0.6 is 11.3 Å². The van der Waals surface area contributed by atoms with Gasteiger partial charge < -0.3 is 10.1 Å². The molecule has 1 atom stereocenters. The highest BCUT2D eigenvalue weighted by atomic mass is 32.1. The van der Waals surface area contributed by atoms with Gasteiger partial charge in [0.15, 0.2) is 0 Å². The Morgan fingerprint density at radius 3 is 3.06 bits per heavy atom. The second-order valence-electron chi connectivity index (χ2n) is 5.48. The van der Waals surface area contributed by atoms with E-state index in [4.69, 9.17) is 4.74 Å². The lowest BCUT2D eigenvalue weighted by Gasteiger charge is -2.27. The summed E-state index contributed by atoms with van der Waals surface area (Å²) in [5.41, 5.74) is 3.40. The first-order valence-electron chi connectivity index (χ1n) is 6.36. The molecule has 17 heavy (non-hydrogen) atoms. The molecule has 1 aliphatic heterocycles. The smallest absolute Gasteiger partial charge is 0.0794 e. The maximum Gasteiger partial charge on any atom is 0.0794 e. The molecule has 2 heterocycles. The number of nitrogens with one attached hydrogen (secondary N) is 1. The van der Waals surface area contributed by atoms with Crippen LogP contribution in [0.15, 0.2) is 10.9 Å². The van der Waals surface area contributed by atoms with E-state index in [2.05, 4.69) is 29.5 Å². The Morgan fingerprint density at radius 1 is 1.59 bits per heavy atom. The number of ether oxygens (including phenoxy) is 1. The van der Waals surface area contributed by atoms with E-state index in [1.165, 1.54) is 5.69 Å². The van der Waals surface area contributed by atoms with Crippen LogP contribution in [0.5, 0.6) is 0 Å². The molecule has 0 saturated carbocycles. The fourth-order valence-corrected chi connectivity index (χ4v) is 2.88. The van der Waals surface area contributed by atoms with Gasteiger partial charge in [0.05, 0.1) is 17.8 Å². The number of rotatable bonds is 6. The number of nitrogens with zero attached hydrogens (tertiary/aromatic N) is 1. The van der Waals surface area contributed by atoms with Crippen LogP contribution in [0.2, 0.25) is 0 Å². The van der Waals surface area contributed by atoms with Gasteiger partial charge in [-0.3, -0.25) is 0 Å². The second kappa shape index (κ2) is 5.94. The van der Waals surface area contributed by atoms with Crippen LogP contribution in [0.3, 0.4) is 0 Å². The van der Waals surface area contributed by atoms with Gasteiger partial charge in [0, 0.05) is 23.9 Å². The summed E-state index contributed by atoms with van der Waals surface area (Å²) in [6.07, 6.45) is 2.19. The van der Waals surface area contributed by atoms with E-state index in [0.717, 1.165) is 39.1 Å². The van der Waals surface area contributed by atoms with Crippen LogP contribution < -0.4 is 5.32 Å². The minimum atomic E-state index is 0.267. The molecule has 1 fully saturated rings. The lowest BCUT2D eigenvalue weighted by Crippen LogP contribution is -2.38. The van der Waals surface area contributed by atoms with Gasteiger partial charge in [-0.1, -0.05) is 13.8 Å². The Labute approximate surface area is 108 Å². The second-order valence-corrected chi connectivity index (χ2v) is 6.20. The van der Waals surface area contributed by atoms with Gasteiger partial charge in [-0.05, 0) is 25.3 Å². The molecule has 0 aromatic carbocycles. The summed E-state index contributed by atoms with van der Waals surface area (Å²) in [5.74, 6) is 0.702. The normalized spacial score (nSPS) is 24.6. The Balaban J connectivity index is 1.90. The van der Waals surface area contributed by atoms with E-state index >= 15 is 0 Å². The average Bonchev–Trinajstić information content (AvgIpc) is 2.90. The molecule has 0 aliphatic carbocycles. The first kappa shape index (κ1) is 13.0. The zero-order valence-electron chi connectivity index (χ0n) is 10.7. The van der Waals surface area contributed by atoms with Crippen molar-refractivity contribution < 1.29 is 4.74 Å². The van der Waals surface area contributed by atoms with Gasteiger partial charge in [0.1, 0.15) is 0 Å². The van der Waals surface area contributed by atoms with Crippen molar-refractivity contribution in [3.8, 4) is 0 Å². The molecule has 1 saturated heterocycles. The van der Waals surface area contributed by atoms with Crippen LogP contribution in [0.25, 0.3) is 0 Å². The molecule has 1 unspecified atom stereocenters. The monoisotopic (exact) mass is 254 g/mol. The fourth-order valence-electron chi connectivity index (χ4n) is 2.33. The van der Waals surface area contributed by atoms with Crippen LogP contribution in [0, 0.1) is 11.3 Å². The Hall–Kier alpha value is -0.450. The third kappa shape index (κ3) is 3.76. The minimum Gasteiger partial charge on any atom is -0.381 e. The predicted molar refractivity (Wildman–Crippen MR) is 71.4 cm³/mol. The van der Waals surface area contributed by atoms with Crippen LogP contribution in [-0.4, -0.2) is 31.3 Å². The van der Waals surface area contributed by atoms with Crippen LogP contribution in [0.4, 0.5) is 0 Å². The summed E-state index contributed by atoms with van der Waals surface area (Å²) in [6.45, 7) is 8.38. The van der Waals surface area contributed by atoms with E-state index in [-0.39, 0.29) is 5.41 Å². The molecule has 3 nitrogen and oxygen atoms in total. The lowest BCUT2D eigenvalue weighted by atomic mass is 9.82. The van der Waals surface area contributed by atoms with Gasteiger partial charge in [-0.15, -0.1) is 11.3 Å². The molecule has 1 aromatic rings. The standard InChI is InChI=1S/C13H22N2OS/c1-11(2)6-14-8-13(3-4-16-9-13)5-12-7-17-10-15-12/h7,10-11,14H,3-6,8-9H2,1-2H3. The van der Waals surface area contributed by atoms with Gasteiger partial charge >= 0.3 is 0 Å². The maximum absolute atomic E-state index is 5.60. The van der Waals surface area contributed by atoms with Crippen molar-refractivity contribution in [1.29, 1.82) is 0 Å². The third-order valence-electron chi connectivity index (χ3n) is 3.28. The van der Waals surface area contributed by atoms with Gasteiger partial charge in [-0.25, -0.2) is 4.98 Å². The highest BCUT2D eigenvalue weighted by Gasteiger charge is 2.35. The quantitative estimate of drug-likeness (QED) is 0.846. The van der Waals surface area contributed by atoms with Crippen LogP contribution in [0.1, 0.15) is 26.0 Å². The van der Waals surface area contributed by atoms with Gasteiger partial charge in [-0.2, -0.15) is 0 Å². The largest absolute Gasteiger partial charge is 0.381 e. The molecule has 96 valence electrons. The summed E-state index contributed by atoms with van der Waals surface area (Å²) in [5, 5.41) is 5.73.